The van der Waals surface area contributed by atoms with Crippen molar-refractivity contribution >= 4 is 11.7 Å². The van der Waals surface area contributed by atoms with Crippen LogP contribution in [-0.2, 0) is 9.53 Å². The molecule has 17 heavy (non-hydrogen) atoms. The molecule has 4 nitrogen and oxygen atoms in total. The van der Waals surface area contributed by atoms with E-state index in [-0.39, 0.29) is 5.97 Å². The van der Waals surface area contributed by atoms with Gasteiger partial charge in [-0.1, -0.05) is 0 Å². The molecule has 0 fully saturated rings. The predicted molar refractivity (Wildman–Crippen MR) is 67.3 cm³/mol. The Labute approximate surface area is 102 Å². The Balaban J connectivity index is 2.57. The summed E-state index contributed by atoms with van der Waals surface area (Å²) in [5, 5.41) is 3.20. The number of rotatable bonds is 5. The lowest BCUT2D eigenvalue weighted by atomic mass is 9.93. The first kappa shape index (κ1) is 13.4. The van der Waals surface area contributed by atoms with E-state index in [1.807, 2.05) is 38.1 Å². The van der Waals surface area contributed by atoms with Gasteiger partial charge < -0.3 is 14.8 Å². The Morgan fingerprint density at radius 2 is 1.82 bits per heavy atom. The van der Waals surface area contributed by atoms with Crippen molar-refractivity contribution in [3.05, 3.63) is 24.3 Å². The van der Waals surface area contributed by atoms with Crippen molar-refractivity contribution in [1.82, 2.24) is 0 Å². The van der Waals surface area contributed by atoms with Gasteiger partial charge in [0.05, 0.1) is 19.6 Å². The average molecular weight is 237 g/mol. The molecule has 0 atom stereocenters. The first-order chi connectivity index (χ1) is 7.99. The second-order valence-electron chi connectivity index (χ2n) is 4.46. The van der Waals surface area contributed by atoms with Crippen molar-refractivity contribution < 1.29 is 14.3 Å². The van der Waals surface area contributed by atoms with Gasteiger partial charge in [-0.15, -0.1) is 0 Å². The van der Waals surface area contributed by atoms with Crippen LogP contribution >= 0.6 is 0 Å². The molecule has 0 amide bonds. The highest BCUT2D eigenvalue weighted by Gasteiger charge is 2.28. The summed E-state index contributed by atoms with van der Waals surface area (Å²) in [6.07, 6.45) is 0. The molecule has 1 aromatic rings. The lowest BCUT2D eigenvalue weighted by molar-refractivity contribution is -0.149. The topological polar surface area (TPSA) is 47.6 Å². The average Bonchev–Trinajstić information content (AvgIpc) is 2.36. The summed E-state index contributed by atoms with van der Waals surface area (Å²) < 4.78 is 9.81. The van der Waals surface area contributed by atoms with Crippen molar-refractivity contribution in [3.63, 3.8) is 0 Å². The molecular formula is C13H19NO3. The minimum absolute atomic E-state index is 0.224. The molecule has 0 spiro atoms. The SMILES string of the molecule is COC(=O)C(C)(C)CNc1ccc(OC)cc1. The molecule has 0 unspecified atom stereocenters. The summed E-state index contributed by atoms with van der Waals surface area (Å²) in [7, 11) is 3.03. The molecule has 0 heterocycles. The fourth-order valence-electron chi connectivity index (χ4n) is 1.38. The van der Waals surface area contributed by atoms with Crippen molar-refractivity contribution in [1.29, 1.82) is 0 Å². The van der Waals surface area contributed by atoms with Crippen LogP contribution in [-0.4, -0.2) is 26.7 Å². The molecule has 0 bridgehead atoms. The summed E-state index contributed by atoms with van der Waals surface area (Å²) >= 11 is 0. The number of ether oxygens (including phenoxy) is 2. The summed E-state index contributed by atoms with van der Waals surface area (Å²) in [5.74, 6) is 0.585. The summed E-state index contributed by atoms with van der Waals surface area (Å²) in [4.78, 5) is 11.5. The molecule has 0 saturated carbocycles. The third-order valence-electron chi connectivity index (χ3n) is 2.56. The summed E-state index contributed by atoms with van der Waals surface area (Å²) in [6, 6.07) is 7.55. The second kappa shape index (κ2) is 5.57. The van der Waals surface area contributed by atoms with Crippen molar-refractivity contribution in [3.8, 4) is 5.75 Å². The van der Waals surface area contributed by atoms with Crippen molar-refractivity contribution in [2.75, 3.05) is 26.1 Å². The van der Waals surface area contributed by atoms with E-state index < -0.39 is 5.41 Å². The Hall–Kier alpha value is -1.71. The number of carbonyl (C=O) groups excluding carboxylic acids is 1. The molecule has 0 aromatic heterocycles. The van der Waals surface area contributed by atoms with Gasteiger partial charge in [0.1, 0.15) is 5.75 Å². The van der Waals surface area contributed by atoms with E-state index in [1.54, 1.807) is 7.11 Å². The summed E-state index contributed by atoms with van der Waals surface area (Å²) in [6.45, 7) is 4.21. The number of esters is 1. The summed E-state index contributed by atoms with van der Waals surface area (Å²) in [5.41, 5.74) is 0.400. The Morgan fingerprint density at radius 3 is 2.29 bits per heavy atom. The van der Waals surface area contributed by atoms with Crippen molar-refractivity contribution in [2.45, 2.75) is 13.8 Å². The fraction of sp³-hybridized carbons (Fsp3) is 0.462. The van der Waals surface area contributed by atoms with Gasteiger partial charge in [0.15, 0.2) is 0 Å². The third kappa shape index (κ3) is 3.66. The Morgan fingerprint density at radius 1 is 1.24 bits per heavy atom. The second-order valence-corrected chi connectivity index (χ2v) is 4.46. The number of methoxy groups -OCH3 is 2. The fourth-order valence-corrected chi connectivity index (χ4v) is 1.38. The van der Waals surface area contributed by atoms with Gasteiger partial charge in [0.25, 0.3) is 0 Å². The maximum Gasteiger partial charge on any atom is 0.313 e. The Bertz CT molecular complexity index is 371. The maximum absolute atomic E-state index is 11.5. The molecule has 1 aromatic carbocycles. The zero-order valence-corrected chi connectivity index (χ0v) is 10.7. The van der Waals surface area contributed by atoms with Gasteiger partial charge in [0.2, 0.25) is 0 Å². The molecular weight excluding hydrogens is 218 g/mol. The standard InChI is InChI=1S/C13H19NO3/c1-13(2,12(15)17-4)9-14-10-5-7-11(16-3)8-6-10/h5-8,14H,9H2,1-4H3. The van der Waals surface area contributed by atoms with Crippen LogP contribution < -0.4 is 10.1 Å². The highest BCUT2D eigenvalue weighted by atomic mass is 16.5. The highest BCUT2D eigenvalue weighted by Crippen LogP contribution is 2.20. The lowest BCUT2D eigenvalue weighted by Gasteiger charge is -2.22. The molecule has 0 aliphatic carbocycles. The quantitative estimate of drug-likeness (QED) is 0.798. The highest BCUT2D eigenvalue weighted by molar-refractivity contribution is 5.76. The maximum atomic E-state index is 11.5. The van der Waals surface area contributed by atoms with Gasteiger partial charge >= 0.3 is 5.97 Å². The lowest BCUT2D eigenvalue weighted by Crippen LogP contribution is -2.33. The van der Waals surface area contributed by atoms with E-state index in [0.29, 0.717) is 6.54 Å². The number of nitrogens with one attached hydrogen (secondary N) is 1. The first-order valence-corrected chi connectivity index (χ1v) is 5.46. The van der Waals surface area contributed by atoms with E-state index in [0.717, 1.165) is 11.4 Å². The molecule has 1 N–H and O–H groups in total. The van der Waals surface area contributed by atoms with E-state index in [4.69, 9.17) is 9.47 Å². The van der Waals surface area contributed by atoms with Crippen LogP contribution in [0.3, 0.4) is 0 Å². The number of hydrogen-bond acceptors (Lipinski definition) is 4. The van der Waals surface area contributed by atoms with Gasteiger partial charge in [0, 0.05) is 12.2 Å². The van der Waals surface area contributed by atoms with Gasteiger partial charge in [-0.05, 0) is 38.1 Å². The van der Waals surface area contributed by atoms with Crippen LogP contribution in [0.25, 0.3) is 0 Å². The molecule has 0 saturated heterocycles. The Kier molecular flexibility index (Phi) is 4.37. The molecule has 94 valence electrons. The van der Waals surface area contributed by atoms with Crippen LogP contribution in [0.4, 0.5) is 5.69 Å². The van der Waals surface area contributed by atoms with E-state index in [9.17, 15) is 4.79 Å². The molecule has 1 rings (SSSR count). The van der Waals surface area contributed by atoms with Crippen LogP contribution in [0.1, 0.15) is 13.8 Å². The van der Waals surface area contributed by atoms with Gasteiger partial charge in [-0.3, -0.25) is 4.79 Å². The number of hydrogen-bond donors (Lipinski definition) is 1. The zero-order chi connectivity index (χ0) is 12.9. The van der Waals surface area contributed by atoms with Crippen LogP contribution in [0.2, 0.25) is 0 Å². The van der Waals surface area contributed by atoms with Gasteiger partial charge in [-0.2, -0.15) is 0 Å². The number of carbonyl (C=O) groups is 1. The minimum atomic E-state index is -0.547. The first-order valence-electron chi connectivity index (χ1n) is 5.46. The van der Waals surface area contributed by atoms with Crippen LogP contribution in [0, 0.1) is 5.41 Å². The smallest absolute Gasteiger partial charge is 0.313 e. The predicted octanol–water partition coefficient (Wildman–Crippen LogP) is 2.31. The van der Waals surface area contributed by atoms with E-state index in [1.165, 1.54) is 7.11 Å². The molecule has 4 heteroatoms. The van der Waals surface area contributed by atoms with E-state index >= 15 is 0 Å². The van der Waals surface area contributed by atoms with Gasteiger partial charge in [-0.25, -0.2) is 0 Å². The normalized spacial score (nSPS) is 10.8. The van der Waals surface area contributed by atoms with Crippen LogP contribution in [0.15, 0.2) is 24.3 Å². The number of anilines is 1. The van der Waals surface area contributed by atoms with E-state index in [2.05, 4.69) is 5.32 Å². The monoisotopic (exact) mass is 237 g/mol. The van der Waals surface area contributed by atoms with Crippen molar-refractivity contribution in [2.24, 2.45) is 5.41 Å². The zero-order valence-electron chi connectivity index (χ0n) is 10.7. The molecule has 0 aliphatic rings. The molecule has 0 aliphatic heterocycles. The third-order valence-corrected chi connectivity index (χ3v) is 2.56. The largest absolute Gasteiger partial charge is 0.497 e. The van der Waals surface area contributed by atoms with Crippen LogP contribution in [0.5, 0.6) is 5.75 Å². The molecule has 0 radical (unpaired) electrons. The minimum Gasteiger partial charge on any atom is -0.497 e. The number of benzene rings is 1.